The van der Waals surface area contributed by atoms with E-state index in [-0.39, 0.29) is 18.1 Å². The van der Waals surface area contributed by atoms with Crippen molar-refractivity contribution in [2.45, 2.75) is 27.2 Å². The third-order valence-electron chi connectivity index (χ3n) is 5.21. The fourth-order valence-electron chi connectivity index (χ4n) is 3.23. The first-order valence-electron chi connectivity index (χ1n) is 11.0. The summed E-state index contributed by atoms with van der Waals surface area (Å²) in [5.74, 6) is -1.81. The Morgan fingerprint density at radius 2 is 1.73 bits per heavy atom. The van der Waals surface area contributed by atoms with E-state index in [2.05, 4.69) is 29.5 Å². The molecule has 2 heterocycles. The van der Waals surface area contributed by atoms with Crippen LogP contribution in [0.3, 0.4) is 0 Å². The normalized spacial score (nSPS) is 11.8. The highest BCUT2D eigenvalue weighted by Crippen LogP contribution is 2.23. The second-order valence-electron chi connectivity index (χ2n) is 8.35. The molecule has 7 heteroatoms. The predicted molar refractivity (Wildman–Crippen MR) is 131 cm³/mol. The Labute approximate surface area is 198 Å². The lowest BCUT2D eigenvalue weighted by Gasteiger charge is -2.17. The number of thiophene rings is 1. The van der Waals surface area contributed by atoms with Crippen LogP contribution in [-0.4, -0.2) is 35.7 Å². The van der Waals surface area contributed by atoms with Crippen LogP contribution < -0.4 is 10.6 Å². The Bertz CT molecular complexity index is 1090. The van der Waals surface area contributed by atoms with Gasteiger partial charge in [0.25, 0.3) is 5.91 Å². The van der Waals surface area contributed by atoms with Crippen molar-refractivity contribution < 1.29 is 14.4 Å². The number of aromatic nitrogens is 1. The molecular formula is C26H29N3O3S. The number of carbonyl (C=O) groups is 3. The first-order chi connectivity index (χ1) is 15.8. The van der Waals surface area contributed by atoms with Crippen molar-refractivity contribution in [3.05, 3.63) is 76.8 Å². The standard InChI is InChI=1S/C26H29N3O3S/c1-17(2)13-14-27-26(32)20(16-28-25(31)19-11-9-18(3)10-12-19)24(30)22-7-4-6-21(29-22)23-8-5-15-33-23/h4-12,15,17,20H,13-14,16H2,1-3H3,(H,27,32)(H,28,31)/t20-/m1/s1. The number of rotatable bonds is 10. The molecule has 3 rings (SSSR count). The van der Waals surface area contributed by atoms with Crippen molar-refractivity contribution in [1.82, 2.24) is 15.6 Å². The largest absolute Gasteiger partial charge is 0.355 e. The second kappa shape index (κ2) is 11.5. The zero-order valence-electron chi connectivity index (χ0n) is 19.1. The summed E-state index contributed by atoms with van der Waals surface area (Å²) in [6.45, 7) is 6.43. The van der Waals surface area contributed by atoms with Gasteiger partial charge >= 0.3 is 0 Å². The summed E-state index contributed by atoms with van der Waals surface area (Å²) in [6.07, 6.45) is 0.800. The SMILES string of the molecule is Cc1ccc(C(=O)NC[C@@H](C(=O)NCCC(C)C)C(=O)c2cccc(-c3cccs3)n2)cc1. The number of nitrogens with zero attached hydrogens (tertiary/aromatic N) is 1. The van der Waals surface area contributed by atoms with Crippen molar-refractivity contribution >= 4 is 28.9 Å². The van der Waals surface area contributed by atoms with Crippen LogP contribution in [0.5, 0.6) is 0 Å². The second-order valence-corrected chi connectivity index (χ2v) is 9.30. The van der Waals surface area contributed by atoms with Crippen LogP contribution in [-0.2, 0) is 4.79 Å². The van der Waals surface area contributed by atoms with Gasteiger partial charge in [-0.2, -0.15) is 0 Å². The van der Waals surface area contributed by atoms with Gasteiger partial charge in [0, 0.05) is 18.7 Å². The highest BCUT2D eigenvalue weighted by atomic mass is 32.1. The van der Waals surface area contributed by atoms with E-state index >= 15 is 0 Å². The zero-order chi connectivity index (χ0) is 23.8. The number of Topliss-reactive ketones (excluding diaryl/α,β-unsaturated/α-hetero) is 1. The Morgan fingerprint density at radius 1 is 0.970 bits per heavy atom. The molecule has 0 aliphatic heterocycles. The van der Waals surface area contributed by atoms with Gasteiger partial charge in [0.2, 0.25) is 5.91 Å². The summed E-state index contributed by atoms with van der Waals surface area (Å²) in [7, 11) is 0. The van der Waals surface area contributed by atoms with Crippen molar-refractivity contribution in [1.29, 1.82) is 0 Å². The number of carbonyl (C=O) groups excluding carboxylic acids is 3. The van der Waals surface area contributed by atoms with Crippen LogP contribution in [0.1, 0.15) is 46.7 Å². The minimum absolute atomic E-state index is 0.107. The van der Waals surface area contributed by atoms with E-state index < -0.39 is 17.6 Å². The van der Waals surface area contributed by atoms with Gasteiger partial charge in [-0.1, -0.05) is 43.7 Å². The summed E-state index contributed by atoms with van der Waals surface area (Å²) in [6, 6.07) is 16.2. The number of amides is 2. The maximum atomic E-state index is 13.3. The van der Waals surface area contributed by atoms with E-state index in [0.717, 1.165) is 16.9 Å². The number of hydrogen-bond acceptors (Lipinski definition) is 5. The van der Waals surface area contributed by atoms with Crippen LogP contribution in [0, 0.1) is 18.8 Å². The van der Waals surface area contributed by atoms with Crippen molar-refractivity contribution in [2.24, 2.45) is 11.8 Å². The molecule has 1 atom stereocenters. The quantitative estimate of drug-likeness (QED) is 0.342. The summed E-state index contributed by atoms with van der Waals surface area (Å²) in [5, 5.41) is 7.53. The highest BCUT2D eigenvalue weighted by molar-refractivity contribution is 7.13. The third kappa shape index (κ3) is 6.83. The molecule has 0 spiro atoms. The van der Waals surface area contributed by atoms with Gasteiger partial charge < -0.3 is 10.6 Å². The molecule has 3 aromatic rings. The molecular weight excluding hydrogens is 434 g/mol. The molecule has 0 aliphatic carbocycles. The van der Waals surface area contributed by atoms with Crippen molar-refractivity contribution in [2.75, 3.05) is 13.1 Å². The summed E-state index contributed by atoms with van der Waals surface area (Å²) >= 11 is 1.53. The van der Waals surface area contributed by atoms with Crippen LogP contribution >= 0.6 is 11.3 Å². The molecule has 0 unspecified atom stereocenters. The smallest absolute Gasteiger partial charge is 0.251 e. The van der Waals surface area contributed by atoms with Crippen LogP contribution in [0.4, 0.5) is 0 Å². The molecule has 172 valence electrons. The number of benzene rings is 1. The summed E-state index contributed by atoms with van der Waals surface area (Å²) in [4.78, 5) is 44.3. The predicted octanol–water partition coefficient (Wildman–Crippen LogP) is 4.51. The highest BCUT2D eigenvalue weighted by Gasteiger charge is 2.29. The van der Waals surface area contributed by atoms with E-state index in [0.29, 0.717) is 23.7 Å². The molecule has 0 saturated heterocycles. The monoisotopic (exact) mass is 463 g/mol. The Kier molecular flexibility index (Phi) is 8.49. The van der Waals surface area contributed by atoms with Gasteiger partial charge in [-0.25, -0.2) is 4.98 Å². The van der Waals surface area contributed by atoms with E-state index in [1.54, 1.807) is 24.3 Å². The van der Waals surface area contributed by atoms with E-state index in [1.807, 2.05) is 42.6 Å². The lowest BCUT2D eigenvalue weighted by molar-refractivity contribution is -0.123. The van der Waals surface area contributed by atoms with Gasteiger partial charge in [-0.3, -0.25) is 14.4 Å². The molecule has 0 bridgehead atoms. The van der Waals surface area contributed by atoms with Crippen LogP contribution in [0.15, 0.2) is 60.0 Å². The van der Waals surface area contributed by atoms with Gasteiger partial charge in [-0.05, 0) is 55.0 Å². The lowest BCUT2D eigenvalue weighted by Crippen LogP contribution is -2.43. The maximum Gasteiger partial charge on any atom is 0.251 e. The van der Waals surface area contributed by atoms with E-state index in [9.17, 15) is 14.4 Å². The maximum absolute atomic E-state index is 13.3. The zero-order valence-corrected chi connectivity index (χ0v) is 19.9. The van der Waals surface area contributed by atoms with Crippen molar-refractivity contribution in [3.8, 4) is 10.6 Å². The molecule has 0 radical (unpaired) electrons. The van der Waals surface area contributed by atoms with Gasteiger partial charge in [0.15, 0.2) is 5.78 Å². The van der Waals surface area contributed by atoms with Gasteiger partial charge in [-0.15, -0.1) is 11.3 Å². The fraction of sp³-hybridized carbons (Fsp3) is 0.308. The molecule has 2 N–H and O–H groups in total. The molecule has 0 fully saturated rings. The molecule has 0 aliphatic rings. The average Bonchev–Trinajstić information content (AvgIpc) is 3.34. The first-order valence-corrected chi connectivity index (χ1v) is 11.9. The molecule has 2 aromatic heterocycles. The van der Waals surface area contributed by atoms with Crippen LogP contribution in [0.2, 0.25) is 0 Å². The molecule has 2 amide bonds. The molecule has 33 heavy (non-hydrogen) atoms. The average molecular weight is 464 g/mol. The van der Waals surface area contributed by atoms with Gasteiger partial charge in [0.1, 0.15) is 11.6 Å². The van der Waals surface area contributed by atoms with E-state index in [1.165, 1.54) is 11.3 Å². The first kappa shape index (κ1) is 24.3. The molecule has 6 nitrogen and oxygen atoms in total. The number of pyridine rings is 1. The lowest BCUT2D eigenvalue weighted by atomic mass is 9.99. The third-order valence-corrected chi connectivity index (χ3v) is 6.10. The van der Waals surface area contributed by atoms with E-state index in [4.69, 9.17) is 0 Å². The fourth-order valence-corrected chi connectivity index (χ4v) is 3.92. The van der Waals surface area contributed by atoms with Crippen LogP contribution in [0.25, 0.3) is 10.6 Å². The number of aryl methyl sites for hydroxylation is 1. The van der Waals surface area contributed by atoms with Gasteiger partial charge in [0.05, 0.1) is 10.6 Å². The minimum atomic E-state index is -1.07. The summed E-state index contributed by atoms with van der Waals surface area (Å²) in [5.41, 5.74) is 2.40. The summed E-state index contributed by atoms with van der Waals surface area (Å²) < 4.78 is 0. The van der Waals surface area contributed by atoms with Crippen molar-refractivity contribution in [3.63, 3.8) is 0 Å². The molecule has 0 saturated carbocycles. The molecule has 1 aromatic carbocycles. The Hall–Kier alpha value is -3.32. The Balaban J connectivity index is 1.77. The number of ketones is 1. The minimum Gasteiger partial charge on any atom is -0.355 e. The topological polar surface area (TPSA) is 88.2 Å². The Morgan fingerprint density at radius 3 is 2.39 bits per heavy atom. The number of hydrogen-bond donors (Lipinski definition) is 2. The number of nitrogens with one attached hydrogen (secondary N) is 2.